The Morgan fingerprint density at radius 3 is 2.70 bits per heavy atom. The molecule has 27 heavy (non-hydrogen) atoms. The molecule has 1 saturated heterocycles. The first kappa shape index (κ1) is 18.9. The summed E-state index contributed by atoms with van der Waals surface area (Å²) in [5, 5.41) is 9.12. The molecule has 1 N–H and O–H groups in total. The van der Waals surface area contributed by atoms with Gasteiger partial charge in [-0.15, -0.1) is 0 Å². The fourth-order valence-corrected chi connectivity index (χ4v) is 3.32. The highest BCUT2D eigenvalue weighted by atomic mass is 16.4. The van der Waals surface area contributed by atoms with Crippen molar-refractivity contribution in [2.24, 2.45) is 11.3 Å². The average Bonchev–Trinajstić information content (AvgIpc) is 3.09. The topological polar surface area (TPSA) is 96.3 Å². The maximum atomic E-state index is 12.4. The molecule has 0 saturated carbocycles. The van der Waals surface area contributed by atoms with Crippen LogP contribution in [0.1, 0.15) is 43.2 Å². The van der Waals surface area contributed by atoms with Gasteiger partial charge in [-0.3, -0.25) is 9.78 Å². The van der Waals surface area contributed by atoms with Gasteiger partial charge in [0.2, 0.25) is 5.91 Å². The first-order valence-electron chi connectivity index (χ1n) is 9.03. The van der Waals surface area contributed by atoms with Gasteiger partial charge in [0, 0.05) is 42.2 Å². The fourth-order valence-electron chi connectivity index (χ4n) is 3.32. The highest BCUT2D eigenvalue weighted by molar-refractivity contribution is 5.88. The van der Waals surface area contributed by atoms with Crippen molar-refractivity contribution in [3.05, 3.63) is 42.1 Å². The quantitative estimate of drug-likeness (QED) is 0.891. The summed E-state index contributed by atoms with van der Waals surface area (Å²) in [5.41, 5.74) is 1.94. The minimum Gasteiger partial charge on any atom is -0.478 e. The lowest BCUT2D eigenvalue weighted by molar-refractivity contribution is -0.138. The molecular weight excluding hydrogens is 344 g/mol. The Labute approximate surface area is 158 Å². The number of carboxylic acid groups (broad SMARTS) is 1. The van der Waals surface area contributed by atoms with Crippen LogP contribution >= 0.6 is 0 Å². The molecule has 1 unspecified atom stereocenters. The molecular formula is C20H24N4O3. The van der Waals surface area contributed by atoms with Crippen molar-refractivity contribution in [3.63, 3.8) is 0 Å². The molecule has 1 atom stereocenters. The Balaban J connectivity index is 1.71. The molecule has 0 aromatic carbocycles. The molecule has 0 radical (unpaired) electrons. The van der Waals surface area contributed by atoms with E-state index in [0.717, 1.165) is 31.6 Å². The van der Waals surface area contributed by atoms with Crippen molar-refractivity contribution in [1.82, 2.24) is 19.9 Å². The summed E-state index contributed by atoms with van der Waals surface area (Å²) in [6.45, 7) is 7.35. The summed E-state index contributed by atoms with van der Waals surface area (Å²) in [6.07, 6.45) is 6.11. The molecule has 2 aromatic heterocycles. The number of carboxylic acids is 1. The second-order valence-corrected chi connectivity index (χ2v) is 8.02. The predicted molar refractivity (Wildman–Crippen MR) is 100 cm³/mol. The number of aromatic carboxylic acids is 1. The van der Waals surface area contributed by atoms with Gasteiger partial charge in [0.05, 0.1) is 11.3 Å². The third-order valence-corrected chi connectivity index (χ3v) is 4.72. The molecule has 0 bridgehead atoms. The van der Waals surface area contributed by atoms with Crippen LogP contribution in [-0.4, -0.2) is 49.9 Å². The van der Waals surface area contributed by atoms with Crippen molar-refractivity contribution in [3.8, 4) is 11.3 Å². The molecule has 1 amide bonds. The summed E-state index contributed by atoms with van der Waals surface area (Å²) in [4.78, 5) is 38.1. The monoisotopic (exact) mass is 368 g/mol. The number of hydrogen-bond acceptors (Lipinski definition) is 5. The van der Waals surface area contributed by atoms with E-state index in [2.05, 4.69) is 15.0 Å². The molecule has 1 aliphatic heterocycles. The first-order valence-corrected chi connectivity index (χ1v) is 9.03. The van der Waals surface area contributed by atoms with Gasteiger partial charge in [0.15, 0.2) is 0 Å². The Morgan fingerprint density at radius 2 is 2.00 bits per heavy atom. The van der Waals surface area contributed by atoms with Crippen LogP contribution in [0, 0.1) is 11.3 Å². The third-order valence-electron chi connectivity index (χ3n) is 4.72. The smallest absolute Gasteiger partial charge is 0.337 e. The lowest BCUT2D eigenvalue weighted by Crippen LogP contribution is -2.38. The van der Waals surface area contributed by atoms with Crippen molar-refractivity contribution < 1.29 is 14.7 Å². The lowest BCUT2D eigenvalue weighted by atomic mass is 9.95. The Kier molecular flexibility index (Phi) is 5.21. The van der Waals surface area contributed by atoms with Crippen LogP contribution < -0.4 is 0 Å². The highest BCUT2D eigenvalue weighted by Gasteiger charge is 2.32. The maximum Gasteiger partial charge on any atom is 0.337 e. The molecule has 7 heteroatoms. The summed E-state index contributed by atoms with van der Waals surface area (Å²) in [6, 6.07) is 3.43. The fraction of sp³-hybridized carbons (Fsp3) is 0.450. The van der Waals surface area contributed by atoms with Crippen molar-refractivity contribution in [1.29, 1.82) is 0 Å². The molecule has 142 valence electrons. The number of nitrogens with zero attached hydrogens (tertiary/aromatic N) is 4. The van der Waals surface area contributed by atoms with E-state index in [1.54, 1.807) is 12.3 Å². The number of carbonyl (C=O) groups is 2. The molecule has 0 spiro atoms. The van der Waals surface area contributed by atoms with Gasteiger partial charge < -0.3 is 10.0 Å². The average molecular weight is 368 g/mol. The number of aromatic nitrogens is 3. The van der Waals surface area contributed by atoms with E-state index in [4.69, 9.17) is 5.11 Å². The third kappa shape index (κ3) is 4.48. The van der Waals surface area contributed by atoms with Gasteiger partial charge in [-0.05, 0) is 30.9 Å². The normalized spacial score (nSPS) is 17.1. The van der Waals surface area contributed by atoms with Gasteiger partial charge in [-0.2, -0.15) is 0 Å². The number of carbonyl (C=O) groups excluding carboxylic acids is 1. The van der Waals surface area contributed by atoms with Gasteiger partial charge in [-0.25, -0.2) is 14.8 Å². The number of amides is 1. The Bertz CT molecular complexity index is 860. The SMILES string of the molecule is CC(C)(C)C(=O)N1CCC(Cc2cc(-c3cncc(C(=O)O)c3)ncn2)C1. The lowest BCUT2D eigenvalue weighted by Gasteiger charge is -2.25. The van der Waals surface area contributed by atoms with E-state index >= 15 is 0 Å². The minimum absolute atomic E-state index is 0.125. The van der Waals surface area contributed by atoms with E-state index in [-0.39, 0.29) is 16.9 Å². The summed E-state index contributed by atoms with van der Waals surface area (Å²) < 4.78 is 0. The molecule has 1 aliphatic rings. The van der Waals surface area contributed by atoms with Crippen LogP contribution in [0.4, 0.5) is 0 Å². The first-order chi connectivity index (χ1) is 12.7. The zero-order valence-electron chi connectivity index (χ0n) is 15.8. The number of likely N-dealkylation sites (tertiary alicyclic amines) is 1. The maximum absolute atomic E-state index is 12.4. The Morgan fingerprint density at radius 1 is 1.22 bits per heavy atom. The van der Waals surface area contributed by atoms with Crippen LogP contribution in [0.25, 0.3) is 11.3 Å². The predicted octanol–water partition coefficient (Wildman–Crippen LogP) is 2.67. The second-order valence-electron chi connectivity index (χ2n) is 8.02. The molecule has 3 heterocycles. The highest BCUT2D eigenvalue weighted by Crippen LogP contribution is 2.26. The number of pyridine rings is 1. The molecule has 0 aliphatic carbocycles. The molecule has 3 rings (SSSR count). The summed E-state index contributed by atoms with van der Waals surface area (Å²) in [5.74, 6) is -0.472. The van der Waals surface area contributed by atoms with Crippen LogP contribution in [0.2, 0.25) is 0 Å². The van der Waals surface area contributed by atoms with Gasteiger partial charge in [-0.1, -0.05) is 20.8 Å². The largest absolute Gasteiger partial charge is 0.478 e. The van der Waals surface area contributed by atoms with Gasteiger partial charge >= 0.3 is 5.97 Å². The zero-order valence-corrected chi connectivity index (χ0v) is 15.8. The van der Waals surface area contributed by atoms with E-state index < -0.39 is 5.97 Å². The van der Waals surface area contributed by atoms with Gasteiger partial charge in [0.1, 0.15) is 6.33 Å². The summed E-state index contributed by atoms with van der Waals surface area (Å²) in [7, 11) is 0. The van der Waals surface area contributed by atoms with Crippen molar-refractivity contribution in [2.45, 2.75) is 33.6 Å². The Hall–Kier alpha value is -2.83. The van der Waals surface area contributed by atoms with Crippen LogP contribution in [0.3, 0.4) is 0 Å². The van der Waals surface area contributed by atoms with E-state index in [1.807, 2.05) is 31.7 Å². The standard InChI is InChI=1S/C20H24N4O3/c1-20(2,3)19(27)24-5-4-13(11-24)6-16-8-17(23-12-22-16)14-7-15(18(25)26)10-21-9-14/h7-10,12-13H,4-6,11H2,1-3H3,(H,25,26). The minimum atomic E-state index is -1.02. The van der Waals surface area contributed by atoms with Crippen LogP contribution in [0.5, 0.6) is 0 Å². The van der Waals surface area contributed by atoms with Gasteiger partial charge in [0.25, 0.3) is 0 Å². The van der Waals surface area contributed by atoms with Crippen LogP contribution in [-0.2, 0) is 11.2 Å². The van der Waals surface area contributed by atoms with Crippen molar-refractivity contribution in [2.75, 3.05) is 13.1 Å². The zero-order chi connectivity index (χ0) is 19.6. The second kappa shape index (κ2) is 7.42. The summed E-state index contributed by atoms with van der Waals surface area (Å²) >= 11 is 0. The van der Waals surface area contributed by atoms with E-state index in [9.17, 15) is 9.59 Å². The van der Waals surface area contributed by atoms with E-state index in [0.29, 0.717) is 17.2 Å². The van der Waals surface area contributed by atoms with E-state index in [1.165, 1.54) is 12.5 Å². The van der Waals surface area contributed by atoms with Crippen LogP contribution in [0.15, 0.2) is 30.9 Å². The number of hydrogen-bond donors (Lipinski definition) is 1. The molecule has 2 aromatic rings. The number of rotatable bonds is 4. The molecule has 1 fully saturated rings. The van der Waals surface area contributed by atoms with Crippen molar-refractivity contribution >= 4 is 11.9 Å². The molecule has 7 nitrogen and oxygen atoms in total.